The van der Waals surface area contributed by atoms with Crippen molar-refractivity contribution in [2.75, 3.05) is 32.9 Å². The van der Waals surface area contributed by atoms with Crippen LogP contribution in [0.4, 0.5) is 0 Å². The maximum absolute atomic E-state index is 13.4. The molecule has 0 radical (unpaired) electrons. The first-order chi connectivity index (χ1) is 15.4. The molecule has 9 heteroatoms. The van der Waals surface area contributed by atoms with Crippen molar-refractivity contribution in [2.24, 2.45) is 0 Å². The SMILES string of the molecule is Cc1ccccc1-n1ncc2c(=O)n3c(nc21)SCC3CC(=O)N(C)C1CCN(C)CC1. The van der Waals surface area contributed by atoms with Gasteiger partial charge in [-0.3, -0.25) is 14.2 Å². The molecule has 1 fully saturated rings. The van der Waals surface area contributed by atoms with Crippen LogP contribution >= 0.6 is 11.8 Å². The van der Waals surface area contributed by atoms with E-state index in [-0.39, 0.29) is 23.6 Å². The lowest BCUT2D eigenvalue weighted by Crippen LogP contribution is -2.45. The van der Waals surface area contributed by atoms with Gasteiger partial charge in [0.1, 0.15) is 5.39 Å². The standard InChI is InChI=1S/C23H28N6O2S/c1-15-6-4-5-7-19(15)29-21-18(13-24-29)22(31)28-17(14-32-23(28)25-21)12-20(30)27(3)16-8-10-26(2)11-9-16/h4-7,13,16-17H,8-12,14H2,1-3H3. The Morgan fingerprint density at radius 1 is 1.25 bits per heavy atom. The van der Waals surface area contributed by atoms with Gasteiger partial charge in [0.15, 0.2) is 10.8 Å². The molecule has 0 saturated carbocycles. The van der Waals surface area contributed by atoms with Crippen LogP contribution in [0.1, 0.15) is 30.9 Å². The van der Waals surface area contributed by atoms with Crippen LogP contribution in [0.15, 0.2) is 40.4 Å². The summed E-state index contributed by atoms with van der Waals surface area (Å²) in [6.45, 7) is 4.04. The third-order valence-corrected chi connectivity index (χ3v) is 7.85. The summed E-state index contributed by atoms with van der Waals surface area (Å²) in [5.74, 6) is 0.778. The number of carbonyl (C=O) groups is 1. The summed E-state index contributed by atoms with van der Waals surface area (Å²) in [4.78, 5) is 35.4. The molecule has 1 unspecified atom stereocenters. The van der Waals surface area contributed by atoms with Crippen LogP contribution in [0.5, 0.6) is 0 Å². The first-order valence-corrected chi connectivity index (χ1v) is 12.1. The Hall–Kier alpha value is -2.65. The first-order valence-electron chi connectivity index (χ1n) is 11.1. The van der Waals surface area contributed by atoms with Crippen molar-refractivity contribution in [3.8, 4) is 5.69 Å². The second kappa shape index (κ2) is 8.37. The van der Waals surface area contributed by atoms with Gasteiger partial charge in [0.2, 0.25) is 5.91 Å². The molecule has 2 aliphatic heterocycles. The van der Waals surface area contributed by atoms with E-state index in [9.17, 15) is 9.59 Å². The molecule has 0 aliphatic carbocycles. The van der Waals surface area contributed by atoms with Gasteiger partial charge in [0.05, 0.1) is 17.9 Å². The smallest absolute Gasteiger partial charge is 0.265 e. The number of fused-ring (bicyclic) bond motifs is 2. The average Bonchev–Trinajstić information content (AvgIpc) is 3.39. The van der Waals surface area contributed by atoms with Crippen LogP contribution in [0.3, 0.4) is 0 Å². The van der Waals surface area contributed by atoms with Gasteiger partial charge >= 0.3 is 0 Å². The minimum atomic E-state index is -0.178. The molecule has 4 heterocycles. The molecule has 3 aromatic rings. The van der Waals surface area contributed by atoms with E-state index in [1.54, 1.807) is 15.4 Å². The monoisotopic (exact) mass is 452 g/mol. The molecule has 168 valence electrons. The summed E-state index contributed by atoms with van der Waals surface area (Å²) in [5, 5.41) is 5.61. The quantitative estimate of drug-likeness (QED) is 0.566. The second-order valence-corrected chi connectivity index (χ2v) is 9.84. The van der Waals surface area contributed by atoms with E-state index in [4.69, 9.17) is 4.98 Å². The van der Waals surface area contributed by atoms with E-state index in [0.29, 0.717) is 28.4 Å². The van der Waals surface area contributed by atoms with E-state index in [2.05, 4.69) is 17.0 Å². The molecular formula is C23H28N6O2S. The zero-order chi connectivity index (χ0) is 22.4. The maximum Gasteiger partial charge on any atom is 0.265 e. The fourth-order valence-corrected chi connectivity index (χ4v) is 5.82. The van der Waals surface area contributed by atoms with Crippen molar-refractivity contribution in [1.82, 2.24) is 29.1 Å². The third-order valence-electron chi connectivity index (χ3n) is 6.75. The molecule has 1 aromatic carbocycles. The van der Waals surface area contributed by atoms with Gasteiger partial charge in [-0.25, -0.2) is 9.67 Å². The zero-order valence-electron chi connectivity index (χ0n) is 18.7. The number of hydrogen-bond donors (Lipinski definition) is 0. The van der Waals surface area contributed by atoms with Gasteiger partial charge in [-0.2, -0.15) is 5.10 Å². The number of amides is 1. The van der Waals surface area contributed by atoms with E-state index in [0.717, 1.165) is 37.2 Å². The topological polar surface area (TPSA) is 76.3 Å². The minimum Gasteiger partial charge on any atom is -0.343 e. The van der Waals surface area contributed by atoms with Gasteiger partial charge in [0.25, 0.3) is 5.56 Å². The molecule has 1 saturated heterocycles. The number of carbonyl (C=O) groups excluding carboxylic acids is 1. The van der Waals surface area contributed by atoms with Crippen LogP contribution in [0, 0.1) is 6.92 Å². The Morgan fingerprint density at radius 3 is 2.75 bits per heavy atom. The first kappa shape index (κ1) is 21.2. The van der Waals surface area contributed by atoms with Crippen LogP contribution in [-0.4, -0.2) is 74.0 Å². The van der Waals surface area contributed by atoms with Gasteiger partial charge in [-0.15, -0.1) is 0 Å². The summed E-state index contributed by atoms with van der Waals surface area (Å²) in [6.07, 6.45) is 3.91. The van der Waals surface area contributed by atoms with Crippen LogP contribution in [0.25, 0.3) is 16.7 Å². The molecule has 1 amide bonds. The molecule has 2 aliphatic rings. The molecule has 0 spiro atoms. The highest BCUT2D eigenvalue weighted by Crippen LogP contribution is 2.34. The number of likely N-dealkylation sites (tertiary alicyclic amines) is 1. The Bertz CT molecular complexity index is 1230. The van der Waals surface area contributed by atoms with E-state index in [1.807, 2.05) is 43.1 Å². The predicted octanol–water partition coefficient (Wildman–Crippen LogP) is 2.48. The number of piperidine rings is 1. The molecule has 0 bridgehead atoms. The summed E-state index contributed by atoms with van der Waals surface area (Å²) in [7, 11) is 4.02. The highest BCUT2D eigenvalue weighted by molar-refractivity contribution is 7.99. The van der Waals surface area contributed by atoms with E-state index in [1.165, 1.54) is 11.8 Å². The fourth-order valence-electron chi connectivity index (χ4n) is 4.69. The minimum absolute atomic E-state index is 0.0978. The van der Waals surface area contributed by atoms with E-state index >= 15 is 0 Å². The number of nitrogens with zero attached hydrogens (tertiary/aromatic N) is 6. The predicted molar refractivity (Wildman–Crippen MR) is 126 cm³/mol. The van der Waals surface area contributed by atoms with Crippen molar-refractivity contribution in [2.45, 2.75) is 43.4 Å². The highest BCUT2D eigenvalue weighted by Gasteiger charge is 2.32. The molecular weight excluding hydrogens is 424 g/mol. The summed E-state index contributed by atoms with van der Waals surface area (Å²) in [6, 6.07) is 8.01. The fraction of sp³-hybridized carbons (Fsp3) is 0.478. The number of benzene rings is 1. The van der Waals surface area contributed by atoms with Gasteiger partial charge in [-0.1, -0.05) is 30.0 Å². The van der Waals surface area contributed by atoms with Crippen LogP contribution < -0.4 is 5.56 Å². The van der Waals surface area contributed by atoms with Crippen LogP contribution in [-0.2, 0) is 4.79 Å². The highest BCUT2D eigenvalue weighted by atomic mass is 32.2. The van der Waals surface area contributed by atoms with Gasteiger partial charge in [0, 0.05) is 25.3 Å². The van der Waals surface area contributed by atoms with Crippen molar-refractivity contribution < 1.29 is 4.79 Å². The third kappa shape index (κ3) is 3.63. The van der Waals surface area contributed by atoms with Crippen molar-refractivity contribution in [1.29, 1.82) is 0 Å². The van der Waals surface area contributed by atoms with Crippen LogP contribution in [0.2, 0.25) is 0 Å². The van der Waals surface area contributed by atoms with Gasteiger partial charge in [-0.05, 0) is 51.5 Å². The molecule has 32 heavy (non-hydrogen) atoms. The maximum atomic E-state index is 13.4. The summed E-state index contributed by atoms with van der Waals surface area (Å²) in [5.41, 5.74) is 2.43. The summed E-state index contributed by atoms with van der Waals surface area (Å²) < 4.78 is 3.44. The lowest BCUT2D eigenvalue weighted by Gasteiger charge is -2.35. The molecule has 2 aromatic heterocycles. The molecule has 0 N–H and O–H groups in total. The normalized spacial score (nSPS) is 19.4. The number of thioether (sulfide) groups is 1. The van der Waals surface area contributed by atoms with Crippen molar-refractivity contribution in [3.05, 3.63) is 46.4 Å². The van der Waals surface area contributed by atoms with Crippen molar-refractivity contribution in [3.63, 3.8) is 0 Å². The molecule has 1 atom stereocenters. The number of rotatable bonds is 4. The number of para-hydroxylation sites is 1. The summed E-state index contributed by atoms with van der Waals surface area (Å²) >= 11 is 1.54. The Morgan fingerprint density at radius 2 is 2.00 bits per heavy atom. The molecule has 5 rings (SSSR count). The Labute approximate surface area is 191 Å². The second-order valence-electron chi connectivity index (χ2n) is 8.86. The Balaban J connectivity index is 1.42. The van der Waals surface area contributed by atoms with Gasteiger partial charge < -0.3 is 9.80 Å². The largest absolute Gasteiger partial charge is 0.343 e. The number of hydrogen-bond acceptors (Lipinski definition) is 6. The van der Waals surface area contributed by atoms with Crippen molar-refractivity contribution >= 4 is 28.7 Å². The average molecular weight is 453 g/mol. The zero-order valence-corrected chi connectivity index (χ0v) is 19.5. The lowest BCUT2D eigenvalue weighted by atomic mass is 10.0. The lowest BCUT2D eigenvalue weighted by molar-refractivity contribution is -0.133. The Kier molecular flexibility index (Phi) is 5.54. The molecule has 8 nitrogen and oxygen atoms in total. The number of aryl methyl sites for hydroxylation is 1. The number of aromatic nitrogens is 4. The van der Waals surface area contributed by atoms with E-state index < -0.39 is 0 Å².